The average molecular weight is 419 g/mol. The molecule has 0 saturated heterocycles. The first-order chi connectivity index (χ1) is 12.2. The van der Waals surface area contributed by atoms with Crippen LogP contribution in [0.1, 0.15) is 12.5 Å². The predicted octanol–water partition coefficient (Wildman–Crippen LogP) is 3.46. The number of hydrogen-bond acceptors (Lipinski definition) is 3. The number of sulfonamides is 1. The molecule has 140 valence electrons. The number of halogens is 3. The smallest absolute Gasteiger partial charge is 0.245 e. The van der Waals surface area contributed by atoms with Crippen LogP contribution in [0.4, 0.5) is 4.39 Å². The van der Waals surface area contributed by atoms with E-state index in [2.05, 4.69) is 5.32 Å². The molecule has 1 N–H and O–H groups in total. The minimum atomic E-state index is -3.98. The summed E-state index contributed by atoms with van der Waals surface area (Å²) in [5, 5.41) is 2.86. The highest BCUT2D eigenvalue weighted by Crippen LogP contribution is 2.27. The maximum absolute atomic E-state index is 12.9. The van der Waals surface area contributed by atoms with Gasteiger partial charge in [0.15, 0.2) is 0 Å². The van der Waals surface area contributed by atoms with E-state index in [1.807, 2.05) is 0 Å². The normalized spacial score (nSPS) is 11.6. The quantitative estimate of drug-likeness (QED) is 0.748. The summed E-state index contributed by atoms with van der Waals surface area (Å²) in [6, 6.07) is 9.76. The molecule has 0 spiro atoms. The van der Waals surface area contributed by atoms with Crippen LogP contribution >= 0.6 is 23.2 Å². The summed E-state index contributed by atoms with van der Waals surface area (Å²) < 4.78 is 39.4. The molecule has 0 aromatic heterocycles. The first kappa shape index (κ1) is 20.6. The number of amides is 1. The summed E-state index contributed by atoms with van der Waals surface area (Å²) in [6.07, 6.45) is 0. The van der Waals surface area contributed by atoms with Gasteiger partial charge >= 0.3 is 0 Å². The average Bonchev–Trinajstić information content (AvgIpc) is 2.61. The van der Waals surface area contributed by atoms with E-state index in [1.54, 1.807) is 6.92 Å². The number of carbonyl (C=O) groups excluding carboxylic acids is 1. The summed E-state index contributed by atoms with van der Waals surface area (Å²) in [5.41, 5.74) is 0.698. The molecule has 0 aliphatic rings. The minimum absolute atomic E-state index is 0.0274. The van der Waals surface area contributed by atoms with Crippen LogP contribution in [0.15, 0.2) is 47.4 Å². The highest BCUT2D eigenvalue weighted by molar-refractivity contribution is 7.89. The maximum Gasteiger partial charge on any atom is 0.245 e. The van der Waals surface area contributed by atoms with Crippen LogP contribution in [0.3, 0.4) is 0 Å². The fourth-order valence-electron chi connectivity index (χ4n) is 2.20. The predicted molar refractivity (Wildman–Crippen MR) is 99.1 cm³/mol. The molecule has 0 bridgehead atoms. The third kappa shape index (κ3) is 5.17. The number of benzene rings is 2. The van der Waals surface area contributed by atoms with E-state index in [4.69, 9.17) is 23.2 Å². The molecular weight excluding hydrogens is 402 g/mol. The summed E-state index contributed by atoms with van der Waals surface area (Å²) >= 11 is 11.8. The van der Waals surface area contributed by atoms with Crippen molar-refractivity contribution in [3.05, 3.63) is 63.9 Å². The van der Waals surface area contributed by atoms with Gasteiger partial charge in [0, 0.05) is 18.1 Å². The van der Waals surface area contributed by atoms with E-state index in [-0.39, 0.29) is 40.4 Å². The fraction of sp³-hybridized carbons (Fsp3) is 0.235. The summed E-state index contributed by atoms with van der Waals surface area (Å²) in [6.45, 7) is 1.48. The number of hydrogen-bond donors (Lipinski definition) is 1. The Hall–Kier alpha value is -1.67. The molecule has 0 fully saturated rings. The lowest BCUT2D eigenvalue weighted by atomic mass is 10.2. The first-order valence-corrected chi connectivity index (χ1v) is 9.90. The molecule has 2 aromatic carbocycles. The maximum atomic E-state index is 12.9. The van der Waals surface area contributed by atoms with Gasteiger partial charge in [-0.1, -0.05) is 42.3 Å². The molecule has 0 saturated carbocycles. The van der Waals surface area contributed by atoms with Crippen molar-refractivity contribution in [1.82, 2.24) is 9.62 Å². The van der Waals surface area contributed by atoms with E-state index in [0.29, 0.717) is 5.56 Å². The highest BCUT2D eigenvalue weighted by atomic mass is 35.5. The Bertz CT molecular complexity index is 889. The molecule has 0 radical (unpaired) electrons. The van der Waals surface area contributed by atoms with Gasteiger partial charge in [-0.25, -0.2) is 12.8 Å². The largest absolute Gasteiger partial charge is 0.351 e. The minimum Gasteiger partial charge on any atom is -0.351 e. The van der Waals surface area contributed by atoms with Gasteiger partial charge in [0.2, 0.25) is 15.9 Å². The molecule has 9 heteroatoms. The van der Waals surface area contributed by atoms with Crippen LogP contribution < -0.4 is 5.32 Å². The van der Waals surface area contributed by atoms with Crippen molar-refractivity contribution in [2.75, 3.05) is 13.1 Å². The second-order valence-electron chi connectivity index (χ2n) is 5.41. The number of rotatable bonds is 7. The lowest BCUT2D eigenvalue weighted by molar-refractivity contribution is -0.121. The van der Waals surface area contributed by atoms with Gasteiger partial charge in [0.25, 0.3) is 0 Å². The van der Waals surface area contributed by atoms with E-state index in [9.17, 15) is 17.6 Å². The lowest BCUT2D eigenvalue weighted by Crippen LogP contribution is -2.40. The second-order valence-corrected chi connectivity index (χ2v) is 8.16. The van der Waals surface area contributed by atoms with Gasteiger partial charge in [-0.2, -0.15) is 4.31 Å². The molecule has 0 atom stereocenters. The Morgan fingerprint density at radius 3 is 2.42 bits per heavy atom. The first-order valence-electron chi connectivity index (χ1n) is 7.70. The fourth-order valence-corrected chi connectivity index (χ4v) is 4.34. The Kier molecular flexibility index (Phi) is 7.00. The number of nitrogens with one attached hydrogen (secondary N) is 1. The molecule has 2 rings (SSSR count). The van der Waals surface area contributed by atoms with Gasteiger partial charge in [0.1, 0.15) is 10.7 Å². The second kappa shape index (κ2) is 8.81. The molecule has 0 heterocycles. The van der Waals surface area contributed by atoms with Gasteiger partial charge in [-0.15, -0.1) is 0 Å². The zero-order valence-electron chi connectivity index (χ0n) is 13.9. The van der Waals surface area contributed by atoms with Crippen LogP contribution in [0.2, 0.25) is 10.0 Å². The molecule has 0 unspecified atom stereocenters. The van der Waals surface area contributed by atoms with Crippen molar-refractivity contribution in [2.24, 2.45) is 0 Å². The Morgan fingerprint density at radius 2 is 1.81 bits per heavy atom. The van der Waals surface area contributed by atoms with Gasteiger partial charge in [0.05, 0.1) is 11.6 Å². The monoisotopic (exact) mass is 418 g/mol. The molecular formula is C17H17Cl2FN2O3S. The van der Waals surface area contributed by atoms with Crippen LogP contribution in [0.5, 0.6) is 0 Å². The zero-order chi connectivity index (χ0) is 19.3. The Morgan fingerprint density at radius 1 is 1.15 bits per heavy atom. The topological polar surface area (TPSA) is 66.5 Å². The van der Waals surface area contributed by atoms with Crippen molar-refractivity contribution in [3.8, 4) is 0 Å². The molecule has 1 amide bonds. The van der Waals surface area contributed by atoms with Crippen molar-refractivity contribution >= 4 is 39.1 Å². The van der Waals surface area contributed by atoms with E-state index in [0.717, 1.165) is 4.31 Å². The van der Waals surface area contributed by atoms with Crippen LogP contribution in [0.25, 0.3) is 0 Å². The van der Waals surface area contributed by atoms with Crippen molar-refractivity contribution in [2.45, 2.75) is 18.4 Å². The van der Waals surface area contributed by atoms with Crippen molar-refractivity contribution < 1.29 is 17.6 Å². The molecule has 0 aliphatic carbocycles. The van der Waals surface area contributed by atoms with Crippen LogP contribution in [0, 0.1) is 5.82 Å². The number of likely N-dealkylation sites (N-methyl/N-ethyl adjacent to an activating group) is 1. The molecule has 2 aromatic rings. The summed E-state index contributed by atoms with van der Waals surface area (Å²) in [5.74, 6) is -0.861. The van der Waals surface area contributed by atoms with Gasteiger partial charge in [-0.3, -0.25) is 4.79 Å². The van der Waals surface area contributed by atoms with Gasteiger partial charge in [-0.05, 0) is 35.9 Å². The standard InChI is InChI=1S/C17H17Cl2FN2O3S/c1-2-22(26(24,25)16-9-13(18)5-8-15(16)19)11-17(23)21-10-12-3-6-14(20)7-4-12/h3-9H,2,10-11H2,1H3,(H,21,23). The third-order valence-electron chi connectivity index (χ3n) is 3.59. The Balaban J connectivity index is 2.08. The molecule has 26 heavy (non-hydrogen) atoms. The summed E-state index contributed by atoms with van der Waals surface area (Å²) in [7, 11) is -3.98. The van der Waals surface area contributed by atoms with E-state index < -0.39 is 15.9 Å². The van der Waals surface area contributed by atoms with Crippen molar-refractivity contribution in [3.63, 3.8) is 0 Å². The lowest BCUT2D eigenvalue weighted by Gasteiger charge is -2.21. The summed E-state index contributed by atoms with van der Waals surface area (Å²) in [4.78, 5) is 12.0. The zero-order valence-corrected chi connectivity index (χ0v) is 16.2. The SMILES string of the molecule is CCN(CC(=O)NCc1ccc(F)cc1)S(=O)(=O)c1cc(Cl)ccc1Cl. The molecule has 5 nitrogen and oxygen atoms in total. The number of nitrogens with zero attached hydrogens (tertiary/aromatic N) is 1. The van der Waals surface area contributed by atoms with Crippen molar-refractivity contribution in [1.29, 1.82) is 0 Å². The van der Waals surface area contributed by atoms with E-state index >= 15 is 0 Å². The third-order valence-corrected chi connectivity index (χ3v) is 6.22. The molecule has 0 aliphatic heterocycles. The van der Waals surface area contributed by atoms with Gasteiger partial charge < -0.3 is 5.32 Å². The Labute approximate surface area is 161 Å². The van der Waals surface area contributed by atoms with Crippen LogP contribution in [-0.4, -0.2) is 31.7 Å². The van der Waals surface area contributed by atoms with E-state index in [1.165, 1.54) is 42.5 Å². The van der Waals surface area contributed by atoms with Crippen LogP contribution in [-0.2, 0) is 21.4 Å². The highest BCUT2D eigenvalue weighted by Gasteiger charge is 2.27. The number of carbonyl (C=O) groups is 1.